The third-order valence-corrected chi connectivity index (χ3v) is 3.27. The van der Waals surface area contributed by atoms with E-state index in [0.717, 1.165) is 25.1 Å². The number of furan rings is 1. The Hall–Kier alpha value is -1.28. The van der Waals surface area contributed by atoms with E-state index in [-0.39, 0.29) is 0 Å². The Morgan fingerprint density at radius 1 is 1.12 bits per heavy atom. The minimum atomic E-state index is 1.01. The maximum absolute atomic E-state index is 5.61. The van der Waals surface area contributed by atoms with Gasteiger partial charge in [-0.3, -0.25) is 0 Å². The van der Waals surface area contributed by atoms with E-state index >= 15 is 0 Å². The van der Waals surface area contributed by atoms with E-state index in [1.165, 1.54) is 28.5 Å². The fourth-order valence-corrected chi connectivity index (χ4v) is 2.05. The average Bonchev–Trinajstić information content (AvgIpc) is 2.68. The van der Waals surface area contributed by atoms with Gasteiger partial charge in [-0.25, -0.2) is 0 Å². The lowest BCUT2D eigenvalue weighted by atomic mass is 10.0. The van der Waals surface area contributed by atoms with Crippen LogP contribution < -0.4 is 5.32 Å². The molecule has 17 heavy (non-hydrogen) atoms. The first-order chi connectivity index (χ1) is 8.22. The molecule has 1 heterocycles. The average molecular weight is 231 g/mol. The van der Waals surface area contributed by atoms with Crippen molar-refractivity contribution in [2.45, 2.75) is 33.6 Å². The monoisotopic (exact) mass is 231 g/mol. The SMILES string of the molecule is CCCNCCc1coc2cc(C)c(C)cc12. The Morgan fingerprint density at radius 3 is 2.65 bits per heavy atom. The van der Waals surface area contributed by atoms with Crippen LogP contribution in [-0.4, -0.2) is 13.1 Å². The largest absolute Gasteiger partial charge is 0.464 e. The van der Waals surface area contributed by atoms with Crippen LogP contribution in [0, 0.1) is 13.8 Å². The zero-order chi connectivity index (χ0) is 12.3. The molecule has 1 aromatic carbocycles. The van der Waals surface area contributed by atoms with Gasteiger partial charge in [0.05, 0.1) is 6.26 Å². The fraction of sp³-hybridized carbons (Fsp3) is 0.467. The molecular weight excluding hydrogens is 210 g/mol. The molecule has 2 aromatic rings. The number of nitrogens with one attached hydrogen (secondary N) is 1. The maximum Gasteiger partial charge on any atom is 0.134 e. The van der Waals surface area contributed by atoms with Gasteiger partial charge >= 0.3 is 0 Å². The Balaban J connectivity index is 2.15. The summed E-state index contributed by atoms with van der Waals surface area (Å²) >= 11 is 0. The summed E-state index contributed by atoms with van der Waals surface area (Å²) in [6.07, 6.45) is 4.12. The number of aryl methyl sites for hydroxylation is 2. The molecule has 0 atom stereocenters. The van der Waals surface area contributed by atoms with Gasteiger partial charge in [-0.15, -0.1) is 0 Å². The van der Waals surface area contributed by atoms with Crippen molar-refractivity contribution >= 4 is 11.0 Å². The molecule has 2 heteroatoms. The van der Waals surface area contributed by atoms with Crippen LogP contribution in [0.2, 0.25) is 0 Å². The van der Waals surface area contributed by atoms with E-state index in [2.05, 4.69) is 38.2 Å². The van der Waals surface area contributed by atoms with Crippen LogP contribution in [0.5, 0.6) is 0 Å². The van der Waals surface area contributed by atoms with Gasteiger partial charge in [0, 0.05) is 5.39 Å². The second kappa shape index (κ2) is 5.37. The Kier molecular flexibility index (Phi) is 3.85. The van der Waals surface area contributed by atoms with Gasteiger partial charge in [-0.1, -0.05) is 6.92 Å². The molecule has 0 fully saturated rings. The van der Waals surface area contributed by atoms with Crippen molar-refractivity contribution in [1.29, 1.82) is 0 Å². The molecule has 0 radical (unpaired) electrons. The molecule has 1 N–H and O–H groups in total. The maximum atomic E-state index is 5.61. The minimum Gasteiger partial charge on any atom is -0.464 e. The quantitative estimate of drug-likeness (QED) is 0.795. The summed E-state index contributed by atoms with van der Waals surface area (Å²) in [5.41, 5.74) is 4.95. The van der Waals surface area contributed by atoms with Crippen molar-refractivity contribution in [3.05, 3.63) is 35.1 Å². The first-order valence-corrected chi connectivity index (χ1v) is 6.40. The second-order valence-electron chi connectivity index (χ2n) is 4.69. The molecule has 0 saturated heterocycles. The van der Waals surface area contributed by atoms with Gasteiger partial charge in [-0.05, 0) is 68.6 Å². The molecule has 1 aromatic heterocycles. The molecule has 0 aliphatic carbocycles. The van der Waals surface area contributed by atoms with Crippen molar-refractivity contribution < 1.29 is 4.42 Å². The highest BCUT2D eigenvalue weighted by molar-refractivity contribution is 5.82. The normalized spacial score (nSPS) is 11.2. The summed E-state index contributed by atoms with van der Waals surface area (Å²) in [5.74, 6) is 0. The highest BCUT2D eigenvalue weighted by Crippen LogP contribution is 2.24. The van der Waals surface area contributed by atoms with Gasteiger partial charge < -0.3 is 9.73 Å². The molecule has 0 unspecified atom stereocenters. The van der Waals surface area contributed by atoms with Crippen LogP contribution in [0.25, 0.3) is 11.0 Å². The van der Waals surface area contributed by atoms with E-state index < -0.39 is 0 Å². The van der Waals surface area contributed by atoms with Crippen molar-refractivity contribution in [3.8, 4) is 0 Å². The lowest BCUT2D eigenvalue weighted by Gasteiger charge is -2.03. The Labute approximate surface area is 103 Å². The molecule has 92 valence electrons. The highest BCUT2D eigenvalue weighted by Gasteiger charge is 2.07. The summed E-state index contributed by atoms with van der Waals surface area (Å²) in [4.78, 5) is 0. The molecule has 0 bridgehead atoms. The molecule has 0 amide bonds. The van der Waals surface area contributed by atoms with Crippen LogP contribution in [-0.2, 0) is 6.42 Å². The van der Waals surface area contributed by atoms with Gasteiger partial charge in [0.15, 0.2) is 0 Å². The van der Waals surface area contributed by atoms with Crippen molar-refractivity contribution in [2.24, 2.45) is 0 Å². The Morgan fingerprint density at radius 2 is 1.88 bits per heavy atom. The van der Waals surface area contributed by atoms with E-state index in [1.54, 1.807) is 0 Å². The lowest BCUT2D eigenvalue weighted by molar-refractivity contribution is 0.605. The van der Waals surface area contributed by atoms with Gasteiger partial charge in [-0.2, -0.15) is 0 Å². The third-order valence-electron chi connectivity index (χ3n) is 3.27. The van der Waals surface area contributed by atoms with Crippen LogP contribution in [0.1, 0.15) is 30.0 Å². The molecular formula is C15H21NO. The van der Waals surface area contributed by atoms with Crippen LogP contribution in [0.15, 0.2) is 22.8 Å². The first-order valence-electron chi connectivity index (χ1n) is 6.40. The molecule has 0 aliphatic rings. The predicted molar refractivity (Wildman–Crippen MR) is 72.6 cm³/mol. The summed E-state index contributed by atoms with van der Waals surface area (Å²) in [6, 6.07) is 4.37. The molecule has 0 aliphatic heterocycles. The topological polar surface area (TPSA) is 25.2 Å². The van der Waals surface area contributed by atoms with Crippen molar-refractivity contribution in [2.75, 3.05) is 13.1 Å². The predicted octanol–water partition coefficient (Wildman–Crippen LogP) is 3.59. The second-order valence-corrected chi connectivity index (χ2v) is 4.69. The Bertz CT molecular complexity index is 499. The summed E-state index contributed by atoms with van der Waals surface area (Å²) in [7, 11) is 0. The van der Waals surface area contributed by atoms with E-state index in [0.29, 0.717) is 0 Å². The zero-order valence-electron chi connectivity index (χ0n) is 11.0. The van der Waals surface area contributed by atoms with E-state index in [9.17, 15) is 0 Å². The highest BCUT2D eigenvalue weighted by atomic mass is 16.3. The third kappa shape index (κ3) is 2.70. The van der Waals surface area contributed by atoms with E-state index in [1.807, 2.05) is 6.26 Å². The smallest absolute Gasteiger partial charge is 0.134 e. The number of fused-ring (bicyclic) bond motifs is 1. The number of hydrogen-bond acceptors (Lipinski definition) is 2. The number of hydrogen-bond donors (Lipinski definition) is 1. The lowest BCUT2D eigenvalue weighted by Crippen LogP contribution is -2.17. The number of rotatable bonds is 5. The minimum absolute atomic E-state index is 1.01. The van der Waals surface area contributed by atoms with Gasteiger partial charge in [0.2, 0.25) is 0 Å². The fourth-order valence-electron chi connectivity index (χ4n) is 2.05. The molecule has 2 rings (SSSR count). The summed E-state index contributed by atoms with van der Waals surface area (Å²) in [5, 5.41) is 4.69. The van der Waals surface area contributed by atoms with Crippen LogP contribution in [0.3, 0.4) is 0 Å². The standard InChI is InChI=1S/C15H21NO/c1-4-6-16-7-5-13-10-17-15-9-12(3)11(2)8-14(13)15/h8-10,16H,4-7H2,1-3H3. The van der Waals surface area contributed by atoms with Crippen LogP contribution in [0.4, 0.5) is 0 Å². The van der Waals surface area contributed by atoms with Crippen molar-refractivity contribution in [1.82, 2.24) is 5.32 Å². The van der Waals surface area contributed by atoms with Crippen molar-refractivity contribution in [3.63, 3.8) is 0 Å². The van der Waals surface area contributed by atoms with E-state index in [4.69, 9.17) is 4.42 Å². The summed E-state index contributed by atoms with van der Waals surface area (Å²) in [6.45, 7) is 8.58. The summed E-state index contributed by atoms with van der Waals surface area (Å²) < 4.78 is 5.61. The first kappa shape index (κ1) is 12.2. The number of benzene rings is 1. The van der Waals surface area contributed by atoms with Gasteiger partial charge in [0.25, 0.3) is 0 Å². The molecule has 0 spiro atoms. The van der Waals surface area contributed by atoms with Crippen LogP contribution >= 0.6 is 0 Å². The zero-order valence-corrected chi connectivity index (χ0v) is 11.0. The molecule has 2 nitrogen and oxygen atoms in total. The van der Waals surface area contributed by atoms with Gasteiger partial charge in [0.1, 0.15) is 5.58 Å². The molecule has 0 saturated carbocycles.